The smallest absolute Gasteiger partial charge is 0.417 e. The number of pyridine rings is 1. The summed E-state index contributed by atoms with van der Waals surface area (Å²) in [6, 6.07) is 0.820. The quantitative estimate of drug-likeness (QED) is 0.724. The fourth-order valence-corrected chi connectivity index (χ4v) is 2.35. The van der Waals surface area contributed by atoms with Gasteiger partial charge in [0, 0.05) is 19.3 Å². The lowest BCUT2D eigenvalue weighted by molar-refractivity contribution is -0.137. The normalized spacial score (nSPS) is 12.1. The Kier molecular flexibility index (Phi) is 4.02. The van der Waals surface area contributed by atoms with Crippen molar-refractivity contribution in [3.8, 4) is 11.3 Å². The molecular formula is C16H15F3N4O2. The van der Waals surface area contributed by atoms with Crippen LogP contribution in [0.15, 0.2) is 35.5 Å². The maximum Gasteiger partial charge on any atom is 0.417 e. The Bertz CT molecular complexity index is 913. The van der Waals surface area contributed by atoms with E-state index in [1.54, 1.807) is 7.05 Å². The van der Waals surface area contributed by atoms with Gasteiger partial charge < -0.3 is 9.32 Å². The van der Waals surface area contributed by atoms with Gasteiger partial charge in [-0.15, -0.1) is 0 Å². The maximum atomic E-state index is 13.3. The highest BCUT2D eigenvalue weighted by Gasteiger charge is 2.33. The number of alkyl halides is 3. The fraction of sp³-hybridized carbons (Fsp3) is 0.312. The summed E-state index contributed by atoms with van der Waals surface area (Å²) in [5, 5.41) is 0. The summed E-state index contributed by atoms with van der Waals surface area (Å²) in [5.74, 6) is -0.289. The van der Waals surface area contributed by atoms with Gasteiger partial charge in [0.1, 0.15) is 11.3 Å². The molecule has 3 heterocycles. The fourth-order valence-electron chi connectivity index (χ4n) is 2.35. The summed E-state index contributed by atoms with van der Waals surface area (Å²) in [7, 11) is 1.58. The van der Waals surface area contributed by atoms with E-state index in [1.165, 1.54) is 17.3 Å². The van der Waals surface area contributed by atoms with Crippen molar-refractivity contribution < 1.29 is 22.4 Å². The van der Waals surface area contributed by atoms with Gasteiger partial charge in [-0.05, 0) is 19.9 Å². The van der Waals surface area contributed by atoms with Crippen LogP contribution in [0.2, 0.25) is 0 Å². The third-order valence-electron chi connectivity index (χ3n) is 3.94. The van der Waals surface area contributed by atoms with E-state index in [0.29, 0.717) is 0 Å². The summed E-state index contributed by atoms with van der Waals surface area (Å²) in [5.41, 5.74) is -0.576. The number of oxazole rings is 1. The van der Waals surface area contributed by atoms with E-state index >= 15 is 0 Å². The second kappa shape index (κ2) is 5.91. The number of amides is 1. The van der Waals surface area contributed by atoms with Crippen LogP contribution < -0.4 is 0 Å². The van der Waals surface area contributed by atoms with E-state index in [1.807, 2.05) is 13.8 Å². The molecule has 0 fully saturated rings. The van der Waals surface area contributed by atoms with E-state index in [9.17, 15) is 18.0 Å². The molecule has 0 saturated carbocycles. The Hall–Kier alpha value is -2.84. The van der Waals surface area contributed by atoms with Crippen LogP contribution in [0.4, 0.5) is 13.2 Å². The number of carbonyl (C=O) groups is 1. The zero-order chi connectivity index (χ0) is 18.4. The van der Waals surface area contributed by atoms with Gasteiger partial charge in [-0.25, -0.2) is 9.97 Å². The predicted molar refractivity (Wildman–Crippen MR) is 82.9 cm³/mol. The predicted octanol–water partition coefficient (Wildman–Crippen LogP) is 3.49. The third kappa shape index (κ3) is 2.97. The first-order valence-corrected chi connectivity index (χ1v) is 7.44. The van der Waals surface area contributed by atoms with Gasteiger partial charge in [0.2, 0.25) is 0 Å². The number of fused-ring (bicyclic) bond motifs is 1. The lowest BCUT2D eigenvalue weighted by Crippen LogP contribution is -2.33. The SMILES string of the molecule is CC(C)N(C)C(=O)c1cnc2c(-c3cnco3)cc(C(F)(F)F)cn12. The molecule has 0 bridgehead atoms. The first-order valence-electron chi connectivity index (χ1n) is 7.44. The van der Waals surface area contributed by atoms with Crippen molar-refractivity contribution >= 4 is 11.6 Å². The molecule has 0 aromatic carbocycles. The van der Waals surface area contributed by atoms with Crippen LogP contribution in [0.1, 0.15) is 29.9 Å². The van der Waals surface area contributed by atoms with Crippen LogP contribution >= 0.6 is 0 Å². The Labute approximate surface area is 140 Å². The van der Waals surface area contributed by atoms with Gasteiger partial charge >= 0.3 is 6.18 Å². The van der Waals surface area contributed by atoms with Crippen molar-refractivity contribution in [2.45, 2.75) is 26.1 Å². The van der Waals surface area contributed by atoms with Crippen LogP contribution in [-0.2, 0) is 6.18 Å². The van der Waals surface area contributed by atoms with Crippen LogP contribution in [0.5, 0.6) is 0 Å². The minimum absolute atomic E-state index is 0.0399. The molecular weight excluding hydrogens is 337 g/mol. The topological polar surface area (TPSA) is 63.6 Å². The molecule has 0 unspecified atom stereocenters. The summed E-state index contributed by atoms with van der Waals surface area (Å²) in [6.45, 7) is 3.62. The number of halogens is 3. The molecule has 0 aliphatic heterocycles. The molecule has 0 aliphatic carbocycles. The summed E-state index contributed by atoms with van der Waals surface area (Å²) >= 11 is 0. The van der Waals surface area contributed by atoms with Crippen molar-refractivity contribution in [2.75, 3.05) is 7.05 Å². The number of carbonyl (C=O) groups excluding carboxylic acids is 1. The lowest BCUT2D eigenvalue weighted by Gasteiger charge is -2.21. The highest BCUT2D eigenvalue weighted by molar-refractivity contribution is 5.94. The van der Waals surface area contributed by atoms with Gasteiger partial charge in [0.25, 0.3) is 5.91 Å². The minimum Gasteiger partial charge on any atom is -0.443 e. The Morgan fingerprint density at radius 2 is 2.04 bits per heavy atom. The maximum absolute atomic E-state index is 13.3. The third-order valence-corrected chi connectivity index (χ3v) is 3.94. The Morgan fingerprint density at radius 1 is 1.32 bits per heavy atom. The number of imidazole rings is 1. The highest BCUT2D eigenvalue weighted by Crippen LogP contribution is 2.34. The van der Waals surface area contributed by atoms with Crippen molar-refractivity contribution in [2.24, 2.45) is 0 Å². The van der Waals surface area contributed by atoms with Crippen LogP contribution in [-0.4, -0.2) is 38.3 Å². The summed E-state index contributed by atoms with van der Waals surface area (Å²) in [6.07, 6.45) is -0.0444. The van der Waals surface area contributed by atoms with Gasteiger partial charge in [-0.1, -0.05) is 0 Å². The van der Waals surface area contributed by atoms with E-state index in [4.69, 9.17) is 4.42 Å². The molecule has 0 N–H and O–H groups in total. The lowest BCUT2D eigenvalue weighted by atomic mass is 10.1. The first kappa shape index (κ1) is 17.0. The Balaban J connectivity index is 2.26. The molecule has 0 saturated heterocycles. The zero-order valence-electron chi connectivity index (χ0n) is 13.7. The van der Waals surface area contributed by atoms with E-state index in [-0.39, 0.29) is 28.7 Å². The summed E-state index contributed by atoms with van der Waals surface area (Å²) < 4.78 is 46.1. The van der Waals surface area contributed by atoms with Crippen LogP contribution in [0, 0.1) is 0 Å². The van der Waals surface area contributed by atoms with E-state index in [2.05, 4.69) is 9.97 Å². The molecule has 0 aliphatic rings. The molecule has 0 radical (unpaired) electrons. The average Bonchev–Trinajstić information content (AvgIpc) is 3.20. The molecule has 6 nitrogen and oxygen atoms in total. The monoisotopic (exact) mass is 352 g/mol. The zero-order valence-corrected chi connectivity index (χ0v) is 13.7. The molecule has 1 amide bonds. The number of hydrogen-bond acceptors (Lipinski definition) is 4. The molecule has 25 heavy (non-hydrogen) atoms. The van der Waals surface area contributed by atoms with Crippen molar-refractivity contribution in [1.29, 1.82) is 0 Å². The van der Waals surface area contributed by atoms with Crippen molar-refractivity contribution in [3.63, 3.8) is 0 Å². The van der Waals surface area contributed by atoms with Crippen LogP contribution in [0.3, 0.4) is 0 Å². The molecule has 0 spiro atoms. The number of nitrogens with zero attached hydrogens (tertiary/aromatic N) is 4. The largest absolute Gasteiger partial charge is 0.443 e. The van der Waals surface area contributed by atoms with Crippen molar-refractivity contribution in [1.82, 2.24) is 19.3 Å². The van der Waals surface area contributed by atoms with E-state index < -0.39 is 17.6 Å². The van der Waals surface area contributed by atoms with Gasteiger partial charge in [0.15, 0.2) is 12.2 Å². The first-order chi connectivity index (χ1) is 11.7. The molecule has 3 aromatic heterocycles. The molecule has 132 valence electrons. The van der Waals surface area contributed by atoms with Gasteiger partial charge in [-0.2, -0.15) is 13.2 Å². The molecule has 3 rings (SSSR count). The average molecular weight is 352 g/mol. The van der Waals surface area contributed by atoms with Crippen molar-refractivity contribution in [3.05, 3.63) is 42.3 Å². The second-order valence-corrected chi connectivity index (χ2v) is 5.85. The highest BCUT2D eigenvalue weighted by atomic mass is 19.4. The number of rotatable bonds is 3. The second-order valence-electron chi connectivity index (χ2n) is 5.85. The molecule has 3 aromatic rings. The minimum atomic E-state index is -4.59. The van der Waals surface area contributed by atoms with Gasteiger partial charge in [-0.3, -0.25) is 9.20 Å². The number of aromatic nitrogens is 3. The summed E-state index contributed by atoms with van der Waals surface area (Å²) in [4.78, 5) is 21.8. The van der Waals surface area contributed by atoms with Crippen LogP contribution in [0.25, 0.3) is 17.0 Å². The standard InChI is InChI=1S/C16H15F3N4O2/c1-9(2)22(3)15(24)12-5-21-14-11(13-6-20-8-25-13)4-10(7-23(12)14)16(17,18)19/h4-9H,1-3H3. The number of hydrogen-bond donors (Lipinski definition) is 0. The molecule has 0 atom stereocenters. The van der Waals surface area contributed by atoms with E-state index in [0.717, 1.165) is 23.1 Å². The Morgan fingerprint density at radius 3 is 2.60 bits per heavy atom. The van der Waals surface area contributed by atoms with Gasteiger partial charge in [0.05, 0.1) is 23.5 Å². The molecule has 9 heteroatoms.